The quantitative estimate of drug-likeness (QED) is 0.751. The van der Waals surface area contributed by atoms with Gasteiger partial charge in [0.25, 0.3) is 0 Å². The van der Waals surface area contributed by atoms with Crippen molar-refractivity contribution in [1.29, 1.82) is 0 Å². The number of benzene rings is 1. The monoisotopic (exact) mass is 302 g/mol. The van der Waals surface area contributed by atoms with E-state index in [0.717, 1.165) is 19.4 Å². The van der Waals surface area contributed by atoms with Crippen LogP contribution < -0.4 is 16.4 Å². The van der Waals surface area contributed by atoms with Crippen molar-refractivity contribution in [3.8, 4) is 0 Å². The first-order chi connectivity index (χ1) is 10.6. The molecule has 22 heavy (non-hydrogen) atoms. The van der Waals surface area contributed by atoms with Gasteiger partial charge in [0.15, 0.2) is 0 Å². The summed E-state index contributed by atoms with van der Waals surface area (Å²) in [6.07, 6.45) is 2.00. The fourth-order valence-corrected chi connectivity index (χ4v) is 2.91. The summed E-state index contributed by atoms with van der Waals surface area (Å²) in [5.74, 6) is -0.0478. The van der Waals surface area contributed by atoms with Crippen LogP contribution in [0.25, 0.3) is 0 Å². The van der Waals surface area contributed by atoms with E-state index >= 15 is 0 Å². The van der Waals surface area contributed by atoms with E-state index in [1.54, 1.807) is 0 Å². The third-order valence-corrected chi connectivity index (χ3v) is 4.20. The predicted molar refractivity (Wildman–Crippen MR) is 83.3 cm³/mol. The molecule has 1 heterocycles. The van der Waals surface area contributed by atoms with Gasteiger partial charge in [0.05, 0.1) is 6.54 Å². The maximum absolute atomic E-state index is 11.9. The highest BCUT2D eigenvalue weighted by atomic mass is 16.2. The number of hydrogen-bond acceptors (Lipinski definition) is 4. The maximum atomic E-state index is 11.9. The Balaban J connectivity index is 1.49. The van der Waals surface area contributed by atoms with Crippen LogP contribution in [0, 0.1) is 0 Å². The fourth-order valence-electron chi connectivity index (χ4n) is 2.91. The van der Waals surface area contributed by atoms with E-state index in [4.69, 9.17) is 5.73 Å². The van der Waals surface area contributed by atoms with Gasteiger partial charge in [0.1, 0.15) is 0 Å². The normalized spacial score (nSPS) is 25.0. The summed E-state index contributed by atoms with van der Waals surface area (Å²) in [5.41, 5.74) is 7.40. The molecule has 0 radical (unpaired) electrons. The number of imide groups is 1. The summed E-state index contributed by atoms with van der Waals surface area (Å²) in [6, 6.07) is 9.97. The lowest BCUT2D eigenvalue weighted by molar-refractivity contribution is -0.120. The second-order valence-electron chi connectivity index (χ2n) is 6.17. The Morgan fingerprint density at radius 2 is 1.91 bits per heavy atom. The Bertz CT molecular complexity index is 544. The summed E-state index contributed by atoms with van der Waals surface area (Å²) in [5, 5.41) is 5.12. The van der Waals surface area contributed by atoms with Crippen LogP contribution in [0.4, 0.5) is 4.79 Å². The number of nitrogens with zero attached hydrogens (tertiary/aromatic N) is 1. The van der Waals surface area contributed by atoms with Gasteiger partial charge < -0.3 is 11.1 Å². The molecule has 3 rings (SSSR count). The van der Waals surface area contributed by atoms with Crippen LogP contribution in [0.2, 0.25) is 0 Å². The molecule has 1 saturated carbocycles. The average Bonchev–Trinajstić information content (AvgIpc) is 3.21. The molecule has 4 N–H and O–H groups in total. The number of urea groups is 1. The minimum absolute atomic E-state index is 0.00971. The van der Waals surface area contributed by atoms with E-state index in [1.165, 1.54) is 5.56 Å². The molecule has 0 aromatic heterocycles. The molecule has 0 unspecified atom stereocenters. The second kappa shape index (κ2) is 6.46. The molecular weight excluding hydrogens is 280 g/mol. The largest absolute Gasteiger partial charge is 0.335 e. The minimum Gasteiger partial charge on any atom is -0.335 e. The van der Waals surface area contributed by atoms with Gasteiger partial charge in [0.2, 0.25) is 5.91 Å². The van der Waals surface area contributed by atoms with Crippen molar-refractivity contribution >= 4 is 11.9 Å². The molecule has 0 spiro atoms. The molecule has 2 atom stereocenters. The van der Waals surface area contributed by atoms with Crippen molar-refractivity contribution < 1.29 is 9.59 Å². The van der Waals surface area contributed by atoms with Crippen LogP contribution in [-0.2, 0) is 4.79 Å². The van der Waals surface area contributed by atoms with Crippen molar-refractivity contribution in [2.45, 2.75) is 30.8 Å². The molecule has 0 bridgehead atoms. The topological polar surface area (TPSA) is 87.5 Å². The summed E-state index contributed by atoms with van der Waals surface area (Å²) < 4.78 is 0. The van der Waals surface area contributed by atoms with Crippen LogP contribution in [0.5, 0.6) is 0 Å². The van der Waals surface area contributed by atoms with Crippen LogP contribution in [-0.4, -0.2) is 48.6 Å². The van der Waals surface area contributed by atoms with Crippen molar-refractivity contribution in [3.05, 3.63) is 35.9 Å². The van der Waals surface area contributed by atoms with Gasteiger partial charge in [-0.15, -0.1) is 0 Å². The van der Waals surface area contributed by atoms with Crippen LogP contribution in [0.1, 0.15) is 24.3 Å². The molecule has 6 heteroatoms. The Hall–Kier alpha value is -1.92. The molecule has 1 aromatic carbocycles. The van der Waals surface area contributed by atoms with E-state index in [-0.39, 0.29) is 30.5 Å². The van der Waals surface area contributed by atoms with E-state index in [1.807, 2.05) is 23.1 Å². The standard InChI is InChI=1S/C16H22N4O2/c17-14-9-20(8-13(14)11-4-2-1-3-5-11)10-15(21)19-16(22)18-12-6-7-12/h1-5,12-14H,6-10,17H2,(H2,18,19,21,22)/t13-,14+/m0/s1. The van der Waals surface area contributed by atoms with Crippen molar-refractivity contribution in [1.82, 2.24) is 15.5 Å². The molecule has 2 aliphatic rings. The summed E-state index contributed by atoms with van der Waals surface area (Å²) >= 11 is 0. The van der Waals surface area contributed by atoms with Gasteiger partial charge in [-0.3, -0.25) is 15.0 Å². The molecule has 1 aliphatic heterocycles. The number of amides is 3. The number of nitrogens with one attached hydrogen (secondary N) is 2. The smallest absolute Gasteiger partial charge is 0.321 e. The second-order valence-corrected chi connectivity index (χ2v) is 6.17. The van der Waals surface area contributed by atoms with Crippen LogP contribution in [0.3, 0.4) is 0 Å². The van der Waals surface area contributed by atoms with Crippen molar-refractivity contribution in [2.24, 2.45) is 5.73 Å². The SMILES string of the molecule is N[C@@H]1CN(CC(=O)NC(=O)NC2CC2)C[C@H]1c1ccccc1. The lowest BCUT2D eigenvalue weighted by atomic mass is 9.95. The van der Waals surface area contributed by atoms with E-state index in [9.17, 15) is 9.59 Å². The molecule has 118 valence electrons. The molecule has 2 fully saturated rings. The Labute approximate surface area is 130 Å². The van der Waals surface area contributed by atoms with Gasteiger partial charge >= 0.3 is 6.03 Å². The first-order valence-corrected chi connectivity index (χ1v) is 7.75. The predicted octanol–water partition coefficient (Wildman–Crippen LogP) is 0.401. The van der Waals surface area contributed by atoms with Crippen molar-refractivity contribution in [2.75, 3.05) is 19.6 Å². The number of likely N-dealkylation sites (tertiary alicyclic amines) is 1. The molecule has 1 aromatic rings. The third-order valence-electron chi connectivity index (χ3n) is 4.20. The van der Waals surface area contributed by atoms with E-state index < -0.39 is 6.03 Å². The van der Waals surface area contributed by atoms with E-state index in [2.05, 4.69) is 22.8 Å². The van der Waals surface area contributed by atoms with Gasteiger partial charge in [-0.1, -0.05) is 30.3 Å². The summed E-state index contributed by atoms with van der Waals surface area (Å²) in [7, 11) is 0. The van der Waals surface area contributed by atoms with Gasteiger partial charge in [-0.05, 0) is 18.4 Å². The van der Waals surface area contributed by atoms with E-state index in [0.29, 0.717) is 6.54 Å². The van der Waals surface area contributed by atoms with Gasteiger partial charge in [-0.2, -0.15) is 0 Å². The van der Waals surface area contributed by atoms with Gasteiger partial charge in [0, 0.05) is 31.1 Å². The number of carbonyl (C=O) groups is 2. The zero-order valence-electron chi connectivity index (χ0n) is 12.5. The number of rotatable bonds is 4. The Kier molecular flexibility index (Phi) is 4.40. The minimum atomic E-state index is -0.393. The molecule has 3 amide bonds. The lowest BCUT2D eigenvalue weighted by Crippen LogP contribution is -2.45. The average molecular weight is 302 g/mol. The molecule has 6 nitrogen and oxygen atoms in total. The zero-order chi connectivity index (χ0) is 15.5. The Morgan fingerprint density at radius 1 is 1.18 bits per heavy atom. The lowest BCUT2D eigenvalue weighted by Gasteiger charge is -2.15. The third kappa shape index (κ3) is 3.84. The maximum Gasteiger partial charge on any atom is 0.321 e. The number of carbonyl (C=O) groups excluding carboxylic acids is 2. The van der Waals surface area contributed by atoms with Gasteiger partial charge in [-0.25, -0.2) is 4.79 Å². The molecule has 1 aliphatic carbocycles. The summed E-state index contributed by atoms with van der Waals surface area (Å²) in [6.45, 7) is 1.61. The fraction of sp³-hybridized carbons (Fsp3) is 0.500. The van der Waals surface area contributed by atoms with Crippen LogP contribution >= 0.6 is 0 Å². The number of nitrogens with two attached hydrogens (primary N) is 1. The first kappa shape index (κ1) is 15.0. The highest BCUT2D eigenvalue weighted by Gasteiger charge is 2.32. The highest BCUT2D eigenvalue weighted by molar-refractivity contribution is 5.95. The van der Waals surface area contributed by atoms with Crippen LogP contribution in [0.15, 0.2) is 30.3 Å². The molecule has 1 saturated heterocycles. The molecular formula is C16H22N4O2. The first-order valence-electron chi connectivity index (χ1n) is 7.75. The Morgan fingerprint density at radius 3 is 2.59 bits per heavy atom. The van der Waals surface area contributed by atoms with Crippen molar-refractivity contribution in [3.63, 3.8) is 0 Å². The highest BCUT2D eigenvalue weighted by Crippen LogP contribution is 2.25. The number of hydrogen-bond donors (Lipinski definition) is 3. The zero-order valence-corrected chi connectivity index (χ0v) is 12.5. The summed E-state index contributed by atoms with van der Waals surface area (Å²) in [4.78, 5) is 25.5.